The van der Waals surface area contributed by atoms with Crippen LogP contribution in [-0.2, 0) is 11.2 Å². The first kappa shape index (κ1) is 17.7. The van der Waals surface area contributed by atoms with E-state index in [9.17, 15) is 9.59 Å². The Kier molecular flexibility index (Phi) is 6.95. The van der Waals surface area contributed by atoms with Gasteiger partial charge in [0.2, 0.25) is 5.91 Å². The topological polar surface area (TPSA) is 62.3 Å². The fraction of sp³-hybridized carbons (Fsp3) is 0.316. The quantitative estimate of drug-likeness (QED) is 0.810. The number of aryl methyl sites for hydroxylation is 1. The van der Waals surface area contributed by atoms with E-state index in [0.29, 0.717) is 25.2 Å². The normalized spacial score (nSPS) is 10.2. The van der Waals surface area contributed by atoms with Gasteiger partial charge >= 0.3 is 0 Å². The van der Waals surface area contributed by atoms with Crippen molar-refractivity contribution in [2.24, 2.45) is 0 Å². The summed E-state index contributed by atoms with van der Waals surface area (Å²) in [5.41, 5.74) is 1.79. The molecule has 5 heteroatoms. The molecule has 0 aliphatic carbocycles. The summed E-state index contributed by atoms with van der Waals surface area (Å²) in [6.07, 6.45) is 4.99. The van der Waals surface area contributed by atoms with E-state index in [1.807, 2.05) is 18.2 Å². The lowest BCUT2D eigenvalue weighted by Gasteiger charge is -2.21. The molecule has 5 nitrogen and oxygen atoms in total. The Labute approximate surface area is 142 Å². The van der Waals surface area contributed by atoms with Gasteiger partial charge in [0.05, 0.1) is 5.56 Å². The molecule has 2 aromatic rings. The highest BCUT2D eigenvalue weighted by molar-refractivity contribution is 5.93. The first-order valence-electron chi connectivity index (χ1n) is 8.14. The molecule has 0 aliphatic heterocycles. The number of carbonyl (C=O) groups excluding carboxylic acids is 2. The summed E-state index contributed by atoms with van der Waals surface area (Å²) >= 11 is 0. The summed E-state index contributed by atoms with van der Waals surface area (Å²) in [6.45, 7) is 3.19. The molecule has 2 amide bonds. The lowest BCUT2D eigenvalue weighted by atomic mass is 10.1. The number of aromatic nitrogens is 1. The van der Waals surface area contributed by atoms with Gasteiger partial charge in [-0.3, -0.25) is 14.6 Å². The summed E-state index contributed by atoms with van der Waals surface area (Å²) in [6, 6.07) is 13.7. The summed E-state index contributed by atoms with van der Waals surface area (Å²) in [5.74, 6) is -0.144. The number of pyridine rings is 1. The van der Waals surface area contributed by atoms with Crippen LogP contribution in [-0.4, -0.2) is 41.3 Å². The minimum Gasteiger partial charge on any atom is -0.350 e. The van der Waals surface area contributed by atoms with Gasteiger partial charge in [-0.2, -0.15) is 0 Å². The molecule has 1 aromatic carbocycles. The minimum atomic E-state index is -0.170. The van der Waals surface area contributed by atoms with E-state index in [-0.39, 0.29) is 11.8 Å². The van der Waals surface area contributed by atoms with Crippen LogP contribution in [0, 0.1) is 0 Å². The molecular formula is C19H23N3O2. The van der Waals surface area contributed by atoms with E-state index in [1.54, 1.807) is 30.2 Å². The van der Waals surface area contributed by atoms with Crippen molar-refractivity contribution in [3.05, 3.63) is 66.0 Å². The van der Waals surface area contributed by atoms with Gasteiger partial charge in [0.15, 0.2) is 0 Å². The molecule has 0 fully saturated rings. The van der Waals surface area contributed by atoms with E-state index in [4.69, 9.17) is 0 Å². The zero-order valence-electron chi connectivity index (χ0n) is 13.9. The molecule has 0 aliphatic rings. The molecule has 0 saturated carbocycles. The second-order valence-electron chi connectivity index (χ2n) is 5.59. The maximum absolute atomic E-state index is 11.9. The number of amides is 2. The summed E-state index contributed by atoms with van der Waals surface area (Å²) in [7, 11) is 0. The van der Waals surface area contributed by atoms with Gasteiger partial charge in [-0.05, 0) is 30.5 Å². The Hall–Kier alpha value is -2.69. The first-order chi connectivity index (χ1) is 11.7. The summed E-state index contributed by atoms with van der Waals surface area (Å²) in [4.78, 5) is 29.4. The second-order valence-corrected chi connectivity index (χ2v) is 5.59. The highest BCUT2D eigenvalue weighted by Gasteiger charge is 2.10. The molecular weight excluding hydrogens is 302 g/mol. The molecule has 1 aromatic heterocycles. The number of nitrogens with zero attached hydrogens (tertiary/aromatic N) is 2. The average molecular weight is 325 g/mol. The monoisotopic (exact) mass is 325 g/mol. The first-order valence-corrected chi connectivity index (χ1v) is 8.14. The van der Waals surface area contributed by atoms with Crippen molar-refractivity contribution in [1.29, 1.82) is 0 Å². The number of rotatable bonds is 8. The fourth-order valence-electron chi connectivity index (χ4n) is 2.45. The van der Waals surface area contributed by atoms with Crippen LogP contribution in [0.2, 0.25) is 0 Å². The molecule has 1 heterocycles. The van der Waals surface area contributed by atoms with Crippen molar-refractivity contribution in [2.45, 2.75) is 19.8 Å². The van der Waals surface area contributed by atoms with Crippen LogP contribution < -0.4 is 5.32 Å². The molecule has 0 spiro atoms. The molecule has 126 valence electrons. The van der Waals surface area contributed by atoms with Crippen molar-refractivity contribution in [3.63, 3.8) is 0 Å². The van der Waals surface area contributed by atoms with Crippen molar-refractivity contribution in [3.8, 4) is 0 Å². The molecule has 0 radical (unpaired) electrons. The Morgan fingerprint density at radius 1 is 1.08 bits per heavy atom. The predicted molar refractivity (Wildman–Crippen MR) is 93.6 cm³/mol. The third kappa shape index (κ3) is 5.83. The zero-order valence-corrected chi connectivity index (χ0v) is 13.9. The number of carbonyl (C=O) groups is 2. The molecule has 0 atom stereocenters. The van der Waals surface area contributed by atoms with Crippen molar-refractivity contribution in [2.75, 3.05) is 19.6 Å². The summed E-state index contributed by atoms with van der Waals surface area (Å²) < 4.78 is 0. The van der Waals surface area contributed by atoms with Crippen LogP contribution in [0.25, 0.3) is 0 Å². The van der Waals surface area contributed by atoms with Gasteiger partial charge < -0.3 is 10.2 Å². The maximum Gasteiger partial charge on any atom is 0.252 e. The van der Waals surface area contributed by atoms with E-state index < -0.39 is 0 Å². The van der Waals surface area contributed by atoms with E-state index >= 15 is 0 Å². The molecule has 0 bridgehead atoms. The third-order valence-corrected chi connectivity index (χ3v) is 3.77. The Balaban J connectivity index is 1.73. The van der Waals surface area contributed by atoms with Crippen molar-refractivity contribution in [1.82, 2.24) is 15.2 Å². The highest BCUT2D eigenvalue weighted by Crippen LogP contribution is 2.04. The van der Waals surface area contributed by atoms with Crippen LogP contribution in [0.15, 0.2) is 54.9 Å². The van der Waals surface area contributed by atoms with E-state index in [2.05, 4.69) is 22.4 Å². The Morgan fingerprint density at radius 3 is 2.54 bits per heavy atom. The lowest BCUT2D eigenvalue weighted by molar-refractivity contribution is -0.128. The van der Waals surface area contributed by atoms with Crippen LogP contribution in [0.1, 0.15) is 29.3 Å². The SMILES string of the molecule is CC(=O)N(CCCc1ccccc1)CCNC(=O)c1cccnc1. The van der Waals surface area contributed by atoms with Gasteiger partial charge in [0.25, 0.3) is 5.91 Å². The average Bonchev–Trinajstić information content (AvgIpc) is 2.61. The van der Waals surface area contributed by atoms with E-state index in [0.717, 1.165) is 12.8 Å². The smallest absolute Gasteiger partial charge is 0.252 e. The molecule has 0 saturated heterocycles. The fourth-order valence-corrected chi connectivity index (χ4v) is 2.45. The van der Waals surface area contributed by atoms with Gasteiger partial charge in [-0.1, -0.05) is 30.3 Å². The second kappa shape index (κ2) is 9.45. The zero-order chi connectivity index (χ0) is 17.2. The molecule has 0 unspecified atom stereocenters. The highest BCUT2D eigenvalue weighted by atomic mass is 16.2. The standard InChI is InChI=1S/C19H23N3O2/c1-16(23)22(13-6-9-17-7-3-2-4-8-17)14-12-21-19(24)18-10-5-11-20-15-18/h2-5,7-8,10-11,15H,6,9,12-14H2,1H3,(H,21,24). The van der Waals surface area contributed by atoms with Crippen LogP contribution in [0.3, 0.4) is 0 Å². The number of hydrogen-bond acceptors (Lipinski definition) is 3. The third-order valence-electron chi connectivity index (χ3n) is 3.77. The van der Waals surface area contributed by atoms with Crippen molar-refractivity contribution >= 4 is 11.8 Å². The van der Waals surface area contributed by atoms with Crippen LogP contribution in [0.5, 0.6) is 0 Å². The van der Waals surface area contributed by atoms with Gasteiger partial charge in [0, 0.05) is 39.0 Å². The lowest BCUT2D eigenvalue weighted by Crippen LogP contribution is -2.38. The van der Waals surface area contributed by atoms with Gasteiger partial charge in [0.1, 0.15) is 0 Å². The molecule has 1 N–H and O–H groups in total. The number of hydrogen-bond donors (Lipinski definition) is 1. The molecule has 2 rings (SSSR count). The minimum absolute atomic E-state index is 0.0266. The Bertz CT molecular complexity index is 644. The Morgan fingerprint density at radius 2 is 1.88 bits per heavy atom. The predicted octanol–water partition coefficient (Wildman–Crippen LogP) is 2.29. The van der Waals surface area contributed by atoms with E-state index in [1.165, 1.54) is 11.8 Å². The number of nitrogens with one attached hydrogen (secondary N) is 1. The summed E-state index contributed by atoms with van der Waals surface area (Å²) in [5, 5.41) is 2.82. The van der Waals surface area contributed by atoms with Crippen molar-refractivity contribution < 1.29 is 9.59 Å². The van der Waals surface area contributed by atoms with Crippen LogP contribution in [0.4, 0.5) is 0 Å². The van der Waals surface area contributed by atoms with Gasteiger partial charge in [-0.25, -0.2) is 0 Å². The number of benzene rings is 1. The molecule has 24 heavy (non-hydrogen) atoms. The maximum atomic E-state index is 11.9. The van der Waals surface area contributed by atoms with Gasteiger partial charge in [-0.15, -0.1) is 0 Å². The largest absolute Gasteiger partial charge is 0.350 e. The van der Waals surface area contributed by atoms with Crippen LogP contribution >= 0.6 is 0 Å².